The van der Waals surface area contributed by atoms with Gasteiger partial charge in [-0.2, -0.15) is 4.31 Å². The van der Waals surface area contributed by atoms with E-state index in [4.69, 9.17) is 4.74 Å². The maximum absolute atomic E-state index is 12.8. The number of benzene rings is 1. The molecule has 0 saturated carbocycles. The van der Waals surface area contributed by atoms with Gasteiger partial charge in [0.05, 0.1) is 28.6 Å². The van der Waals surface area contributed by atoms with Crippen molar-refractivity contribution in [3.05, 3.63) is 24.0 Å². The van der Waals surface area contributed by atoms with Crippen LogP contribution in [0.15, 0.2) is 23.1 Å². The zero-order valence-corrected chi connectivity index (χ0v) is 16.9. The highest BCUT2D eigenvalue weighted by molar-refractivity contribution is 7.89. The number of rotatable bonds is 6. The highest BCUT2D eigenvalue weighted by Gasteiger charge is 2.27. The molecule has 28 heavy (non-hydrogen) atoms. The fourth-order valence-corrected chi connectivity index (χ4v) is 5.40. The van der Waals surface area contributed by atoms with Crippen molar-refractivity contribution in [2.45, 2.75) is 43.0 Å². The van der Waals surface area contributed by atoms with Crippen molar-refractivity contribution in [1.29, 1.82) is 0 Å². The van der Waals surface area contributed by atoms with Gasteiger partial charge in [0.1, 0.15) is 5.82 Å². The van der Waals surface area contributed by atoms with Crippen LogP contribution in [0.5, 0.6) is 0 Å². The highest BCUT2D eigenvalue weighted by Crippen LogP contribution is 2.25. The van der Waals surface area contributed by atoms with Gasteiger partial charge in [-0.15, -0.1) is 0 Å². The molecule has 1 aromatic heterocycles. The Morgan fingerprint density at radius 1 is 1.32 bits per heavy atom. The number of carbonyl (C=O) groups is 1. The smallest absolute Gasteiger partial charge is 0.243 e. The molecule has 9 heteroatoms. The molecule has 1 N–H and O–H groups in total. The van der Waals surface area contributed by atoms with Crippen LogP contribution in [0.4, 0.5) is 0 Å². The molecule has 1 amide bonds. The van der Waals surface area contributed by atoms with Crippen LogP contribution in [-0.4, -0.2) is 60.5 Å². The third kappa shape index (κ3) is 3.78. The summed E-state index contributed by atoms with van der Waals surface area (Å²) in [5, 5.41) is 2.98. The van der Waals surface area contributed by atoms with E-state index in [9.17, 15) is 13.2 Å². The third-order valence-electron chi connectivity index (χ3n) is 5.52. The van der Waals surface area contributed by atoms with E-state index in [-0.39, 0.29) is 16.8 Å². The minimum atomic E-state index is -3.46. The van der Waals surface area contributed by atoms with E-state index in [1.807, 2.05) is 11.6 Å². The van der Waals surface area contributed by atoms with Crippen LogP contribution in [0.2, 0.25) is 0 Å². The van der Waals surface area contributed by atoms with Crippen LogP contribution in [0.1, 0.15) is 31.5 Å². The summed E-state index contributed by atoms with van der Waals surface area (Å²) in [7, 11) is -1.57. The lowest BCUT2D eigenvalue weighted by Crippen LogP contribution is -2.35. The molecule has 3 heterocycles. The summed E-state index contributed by atoms with van der Waals surface area (Å²) in [6.45, 7) is 2.43. The van der Waals surface area contributed by atoms with Gasteiger partial charge in [0.2, 0.25) is 15.9 Å². The van der Waals surface area contributed by atoms with Crippen molar-refractivity contribution in [3.8, 4) is 0 Å². The molecule has 2 aliphatic rings. The maximum Gasteiger partial charge on any atom is 0.243 e. The molecule has 0 aliphatic carbocycles. The second kappa shape index (κ2) is 7.81. The van der Waals surface area contributed by atoms with Crippen molar-refractivity contribution in [2.75, 3.05) is 26.3 Å². The number of aryl methyl sites for hydroxylation is 2. The zero-order valence-electron chi connectivity index (χ0n) is 16.1. The number of aromatic nitrogens is 2. The Morgan fingerprint density at radius 2 is 2.11 bits per heavy atom. The molecular formula is C19H26N4O4S. The summed E-state index contributed by atoms with van der Waals surface area (Å²) in [5.74, 6) is 0.753. The van der Waals surface area contributed by atoms with Crippen LogP contribution in [0.3, 0.4) is 0 Å². The maximum atomic E-state index is 12.8. The molecule has 0 spiro atoms. The first-order chi connectivity index (χ1) is 13.4. The van der Waals surface area contributed by atoms with Crippen LogP contribution in [0.25, 0.3) is 11.0 Å². The van der Waals surface area contributed by atoms with E-state index in [0.29, 0.717) is 44.7 Å². The number of imidazole rings is 1. The number of fused-ring (bicyclic) bond motifs is 1. The van der Waals surface area contributed by atoms with Crippen molar-refractivity contribution >= 4 is 27.0 Å². The molecule has 0 radical (unpaired) electrons. The van der Waals surface area contributed by atoms with Crippen molar-refractivity contribution in [1.82, 2.24) is 19.2 Å². The van der Waals surface area contributed by atoms with Gasteiger partial charge in [-0.3, -0.25) is 4.79 Å². The van der Waals surface area contributed by atoms with Gasteiger partial charge in [-0.05, 0) is 37.5 Å². The van der Waals surface area contributed by atoms with Crippen LogP contribution in [-0.2, 0) is 33.0 Å². The SMILES string of the molecule is Cn1c(CCC(=O)N[C@@H]2CCOC2)nc2cc(S(=O)(=O)N3CCCC3)ccc21. The number of amides is 1. The van der Waals surface area contributed by atoms with E-state index < -0.39 is 10.0 Å². The quantitative estimate of drug-likeness (QED) is 0.778. The van der Waals surface area contributed by atoms with Crippen LogP contribution < -0.4 is 5.32 Å². The Morgan fingerprint density at radius 3 is 2.82 bits per heavy atom. The first-order valence-electron chi connectivity index (χ1n) is 9.78. The first-order valence-corrected chi connectivity index (χ1v) is 11.2. The van der Waals surface area contributed by atoms with Crippen molar-refractivity contribution in [2.24, 2.45) is 7.05 Å². The lowest BCUT2D eigenvalue weighted by molar-refractivity contribution is -0.121. The van der Waals surface area contributed by atoms with Crippen LogP contribution in [0, 0.1) is 0 Å². The molecule has 2 aromatic rings. The van der Waals surface area contributed by atoms with Gasteiger partial charge in [-0.25, -0.2) is 13.4 Å². The number of carbonyl (C=O) groups excluding carboxylic acids is 1. The second-order valence-electron chi connectivity index (χ2n) is 7.48. The summed E-state index contributed by atoms with van der Waals surface area (Å²) in [4.78, 5) is 17.0. The van der Waals surface area contributed by atoms with Gasteiger partial charge >= 0.3 is 0 Å². The molecule has 0 unspecified atom stereocenters. The summed E-state index contributed by atoms with van der Waals surface area (Å²) in [6.07, 6.45) is 3.51. The van der Waals surface area contributed by atoms with E-state index >= 15 is 0 Å². The standard InChI is InChI=1S/C19H26N4O4S/c1-22-17-5-4-15(28(25,26)23-9-2-3-10-23)12-16(17)21-18(22)6-7-19(24)20-14-8-11-27-13-14/h4-5,12,14H,2-3,6-11,13H2,1H3,(H,20,24)/t14-/m1/s1. The molecule has 4 rings (SSSR count). The van der Waals surface area contributed by atoms with E-state index in [0.717, 1.165) is 30.6 Å². The monoisotopic (exact) mass is 406 g/mol. The summed E-state index contributed by atoms with van der Waals surface area (Å²) >= 11 is 0. The first kappa shape index (κ1) is 19.4. The average molecular weight is 407 g/mol. The minimum absolute atomic E-state index is 0.0140. The predicted molar refractivity (Wildman–Crippen MR) is 104 cm³/mol. The molecule has 8 nitrogen and oxygen atoms in total. The average Bonchev–Trinajstić information content (AvgIpc) is 3.42. The van der Waals surface area contributed by atoms with E-state index in [1.54, 1.807) is 18.2 Å². The van der Waals surface area contributed by atoms with E-state index in [1.165, 1.54) is 4.31 Å². The summed E-state index contributed by atoms with van der Waals surface area (Å²) in [6, 6.07) is 5.19. The van der Waals surface area contributed by atoms with Crippen LogP contribution >= 0.6 is 0 Å². The second-order valence-corrected chi connectivity index (χ2v) is 9.41. The Bertz CT molecular complexity index is 973. The van der Waals surface area contributed by atoms with Gasteiger partial charge in [-0.1, -0.05) is 0 Å². The fraction of sp³-hybridized carbons (Fsp3) is 0.579. The Balaban J connectivity index is 1.49. The largest absolute Gasteiger partial charge is 0.379 e. The number of hydrogen-bond donors (Lipinski definition) is 1. The lowest BCUT2D eigenvalue weighted by atomic mass is 10.2. The Hall–Kier alpha value is -1.97. The Kier molecular flexibility index (Phi) is 5.39. The number of nitrogens with one attached hydrogen (secondary N) is 1. The molecule has 0 bridgehead atoms. The van der Waals surface area contributed by atoms with Gasteiger partial charge in [0.25, 0.3) is 0 Å². The number of ether oxygens (including phenoxy) is 1. The zero-order chi connectivity index (χ0) is 19.7. The van der Waals surface area contributed by atoms with Crippen molar-refractivity contribution in [3.63, 3.8) is 0 Å². The van der Waals surface area contributed by atoms with Gasteiger partial charge in [0, 0.05) is 39.6 Å². The predicted octanol–water partition coefficient (Wildman–Crippen LogP) is 1.20. The fourth-order valence-electron chi connectivity index (χ4n) is 3.86. The van der Waals surface area contributed by atoms with Crippen molar-refractivity contribution < 1.29 is 17.9 Å². The molecule has 2 saturated heterocycles. The topological polar surface area (TPSA) is 93.5 Å². The molecule has 1 atom stereocenters. The molecular weight excluding hydrogens is 380 g/mol. The van der Waals surface area contributed by atoms with Gasteiger partial charge < -0.3 is 14.6 Å². The molecule has 2 fully saturated rings. The molecule has 1 aromatic carbocycles. The normalized spacial score (nSPS) is 20.8. The number of hydrogen-bond acceptors (Lipinski definition) is 5. The van der Waals surface area contributed by atoms with E-state index in [2.05, 4.69) is 10.3 Å². The minimum Gasteiger partial charge on any atom is -0.379 e. The molecule has 152 valence electrons. The molecule has 2 aliphatic heterocycles. The summed E-state index contributed by atoms with van der Waals surface area (Å²) < 4.78 is 34.3. The summed E-state index contributed by atoms with van der Waals surface area (Å²) in [5.41, 5.74) is 1.50. The number of sulfonamides is 1. The highest BCUT2D eigenvalue weighted by atomic mass is 32.2. The van der Waals surface area contributed by atoms with Gasteiger partial charge in [0.15, 0.2) is 0 Å². The number of nitrogens with zero attached hydrogens (tertiary/aromatic N) is 3. The lowest BCUT2D eigenvalue weighted by Gasteiger charge is -2.15. The third-order valence-corrected chi connectivity index (χ3v) is 7.41. The Labute approximate surface area is 164 Å².